The molecule has 2 bridgehead atoms. The van der Waals surface area contributed by atoms with Gasteiger partial charge in [-0.15, -0.1) is 0 Å². The number of hydrogen-bond donors (Lipinski definition) is 0. The van der Waals surface area contributed by atoms with Gasteiger partial charge in [-0.3, -0.25) is 9.80 Å². The fraction of sp³-hybridized carbons (Fsp3) is 0.435. The van der Waals surface area contributed by atoms with E-state index in [9.17, 15) is 4.79 Å². The zero-order valence-corrected chi connectivity index (χ0v) is 15.6. The summed E-state index contributed by atoms with van der Waals surface area (Å²) in [5.41, 5.74) is 3.70. The van der Waals surface area contributed by atoms with Gasteiger partial charge < -0.3 is 4.74 Å². The molecule has 0 aromatic heterocycles. The molecular weight excluding hydrogens is 336 g/mol. The van der Waals surface area contributed by atoms with Crippen LogP contribution in [-0.2, 0) is 11.2 Å². The Bertz CT molecular complexity index is 814. The van der Waals surface area contributed by atoms with Gasteiger partial charge in [0.1, 0.15) is 6.10 Å². The van der Waals surface area contributed by atoms with Crippen molar-refractivity contribution in [2.24, 2.45) is 5.92 Å². The van der Waals surface area contributed by atoms with E-state index in [1.807, 2.05) is 23.1 Å². The van der Waals surface area contributed by atoms with Crippen LogP contribution in [0.5, 0.6) is 0 Å². The Morgan fingerprint density at radius 2 is 1.67 bits per heavy atom. The molecular formula is C23H26N2O2. The maximum absolute atomic E-state index is 13.2. The van der Waals surface area contributed by atoms with Crippen molar-refractivity contribution in [3.05, 3.63) is 71.3 Å². The van der Waals surface area contributed by atoms with Gasteiger partial charge >= 0.3 is 6.09 Å². The lowest BCUT2D eigenvalue weighted by molar-refractivity contribution is -0.0462. The molecule has 2 aromatic rings. The number of piperidine rings is 3. The molecule has 4 nitrogen and oxygen atoms in total. The summed E-state index contributed by atoms with van der Waals surface area (Å²) in [4.78, 5) is 17.6. The van der Waals surface area contributed by atoms with Crippen molar-refractivity contribution in [3.8, 4) is 0 Å². The first-order valence-electron chi connectivity index (χ1n) is 10.1. The molecule has 4 aliphatic heterocycles. The third-order valence-electron chi connectivity index (χ3n) is 6.48. The Morgan fingerprint density at radius 3 is 2.41 bits per heavy atom. The fourth-order valence-electron chi connectivity index (χ4n) is 5.00. The number of amides is 1. The average molecular weight is 362 g/mol. The molecule has 27 heavy (non-hydrogen) atoms. The number of nitrogens with zero attached hydrogens (tertiary/aromatic N) is 2. The number of fused-ring (bicyclic) bond motifs is 4. The van der Waals surface area contributed by atoms with Crippen molar-refractivity contribution < 1.29 is 9.53 Å². The van der Waals surface area contributed by atoms with E-state index in [1.54, 1.807) is 0 Å². The van der Waals surface area contributed by atoms with Crippen molar-refractivity contribution in [2.75, 3.05) is 26.2 Å². The van der Waals surface area contributed by atoms with Crippen molar-refractivity contribution in [1.29, 1.82) is 0 Å². The molecule has 4 heteroatoms. The third kappa shape index (κ3) is 3.12. The summed E-state index contributed by atoms with van der Waals surface area (Å²) in [5, 5.41) is 0. The van der Waals surface area contributed by atoms with Gasteiger partial charge in [0, 0.05) is 13.1 Å². The minimum absolute atomic E-state index is 0.0496. The second-order valence-electron chi connectivity index (χ2n) is 8.02. The van der Waals surface area contributed by atoms with E-state index in [-0.39, 0.29) is 18.2 Å². The molecule has 0 spiro atoms. The van der Waals surface area contributed by atoms with Crippen LogP contribution < -0.4 is 0 Å². The quantitative estimate of drug-likeness (QED) is 0.813. The molecule has 1 amide bonds. The predicted octanol–water partition coefficient (Wildman–Crippen LogP) is 3.86. The van der Waals surface area contributed by atoms with Crippen molar-refractivity contribution in [2.45, 2.75) is 31.4 Å². The van der Waals surface area contributed by atoms with E-state index in [1.165, 1.54) is 11.1 Å². The third-order valence-corrected chi connectivity index (χ3v) is 6.48. The summed E-state index contributed by atoms with van der Waals surface area (Å²) in [6.07, 6.45) is 3.09. The highest BCUT2D eigenvalue weighted by atomic mass is 16.6. The lowest BCUT2D eigenvalue weighted by Crippen LogP contribution is -2.53. The lowest BCUT2D eigenvalue weighted by atomic mass is 9.86. The Hall–Kier alpha value is -2.33. The van der Waals surface area contributed by atoms with Gasteiger partial charge in [-0.2, -0.15) is 0 Å². The van der Waals surface area contributed by atoms with E-state index in [4.69, 9.17) is 4.74 Å². The second kappa shape index (κ2) is 7.01. The van der Waals surface area contributed by atoms with Crippen molar-refractivity contribution >= 4 is 6.09 Å². The highest BCUT2D eigenvalue weighted by Gasteiger charge is 2.39. The van der Waals surface area contributed by atoms with Gasteiger partial charge in [-0.25, -0.2) is 4.79 Å². The maximum Gasteiger partial charge on any atom is 0.410 e. The summed E-state index contributed by atoms with van der Waals surface area (Å²) in [7, 11) is 0. The summed E-state index contributed by atoms with van der Waals surface area (Å²) in [5.74, 6) is 0.534. The van der Waals surface area contributed by atoms with Crippen LogP contribution in [0.15, 0.2) is 54.6 Å². The maximum atomic E-state index is 13.2. The second-order valence-corrected chi connectivity index (χ2v) is 8.02. The molecule has 4 heterocycles. The Balaban J connectivity index is 1.43. The number of benzene rings is 2. The molecule has 6 rings (SSSR count). The molecule has 140 valence electrons. The van der Waals surface area contributed by atoms with E-state index < -0.39 is 0 Å². The largest absolute Gasteiger partial charge is 0.444 e. The zero-order valence-electron chi connectivity index (χ0n) is 15.6. The first kappa shape index (κ1) is 16.8. The molecule has 0 radical (unpaired) electrons. The minimum Gasteiger partial charge on any atom is -0.444 e. The molecule has 4 aliphatic rings. The van der Waals surface area contributed by atoms with Crippen LogP contribution in [-0.4, -0.2) is 48.2 Å². The molecule has 3 fully saturated rings. The summed E-state index contributed by atoms with van der Waals surface area (Å²) < 4.78 is 6.08. The molecule has 0 unspecified atom stereocenters. The topological polar surface area (TPSA) is 32.8 Å². The summed E-state index contributed by atoms with van der Waals surface area (Å²) in [6.45, 7) is 3.91. The standard InChI is InChI=1S/C23H26N2O2/c26-23(27-21-16-24-13-10-18(21)11-14-24)25-15-12-17-6-4-5-9-20(17)22(25)19-7-2-1-3-8-19/h1-9,18,21-22H,10-16H2/t21-,22-/m1/s1. The van der Waals surface area contributed by atoms with Crippen molar-refractivity contribution in [3.63, 3.8) is 0 Å². The van der Waals surface area contributed by atoms with Crippen LogP contribution in [0.4, 0.5) is 4.79 Å². The van der Waals surface area contributed by atoms with E-state index in [0.29, 0.717) is 12.5 Å². The smallest absolute Gasteiger partial charge is 0.410 e. The van der Waals surface area contributed by atoms with Gasteiger partial charge in [0.25, 0.3) is 0 Å². The fourth-order valence-corrected chi connectivity index (χ4v) is 5.00. The van der Waals surface area contributed by atoms with Gasteiger partial charge in [-0.1, -0.05) is 54.6 Å². The van der Waals surface area contributed by atoms with Gasteiger partial charge in [0.2, 0.25) is 0 Å². The molecule has 2 atom stereocenters. The van der Waals surface area contributed by atoms with Crippen LogP contribution >= 0.6 is 0 Å². The Labute approximate surface area is 160 Å². The van der Waals surface area contributed by atoms with Gasteiger partial charge in [0.05, 0.1) is 6.04 Å². The van der Waals surface area contributed by atoms with Crippen LogP contribution in [0.25, 0.3) is 0 Å². The van der Waals surface area contributed by atoms with Crippen molar-refractivity contribution in [1.82, 2.24) is 9.80 Å². The summed E-state index contributed by atoms with van der Waals surface area (Å²) in [6, 6.07) is 18.8. The molecule has 0 N–H and O–H groups in total. The molecule has 0 aliphatic carbocycles. The first-order valence-corrected chi connectivity index (χ1v) is 10.1. The number of hydrogen-bond acceptors (Lipinski definition) is 3. The molecule has 2 aromatic carbocycles. The highest BCUT2D eigenvalue weighted by Crippen LogP contribution is 2.36. The zero-order chi connectivity index (χ0) is 18.2. The predicted molar refractivity (Wildman–Crippen MR) is 105 cm³/mol. The highest BCUT2D eigenvalue weighted by molar-refractivity contribution is 5.70. The molecule has 3 saturated heterocycles. The van der Waals surface area contributed by atoms with Crippen LogP contribution in [0.2, 0.25) is 0 Å². The average Bonchev–Trinajstić information content (AvgIpc) is 2.74. The number of ether oxygens (including phenoxy) is 1. The number of carbonyl (C=O) groups is 1. The SMILES string of the molecule is O=C(O[C@@H]1CN2CCC1CC2)N1CCc2ccccc2[C@H]1c1ccccc1. The normalized spacial score (nSPS) is 29.3. The van der Waals surface area contributed by atoms with Gasteiger partial charge in [-0.05, 0) is 55.0 Å². The molecule has 0 saturated carbocycles. The number of carbonyl (C=O) groups excluding carboxylic acids is 1. The number of rotatable bonds is 2. The van der Waals surface area contributed by atoms with Gasteiger partial charge in [0.15, 0.2) is 0 Å². The first-order chi connectivity index (χ1) is 13.3. The summed E-state index contributed by atoms with van der Waals surface area (Å²) >= 11 is 0. The Kier molecular flexibility index (Phi) is 4.36. The van der Waals surface area contributed by atoms with Crippen LogP contribution in [0.3, 0.4) is 0 Å². The Morgan fingerprint density at radius 1 is 0.926 bits per heavy atom. The van der Waals surface area contributed by atoms with E-state index in [0.717, 1.165) is 44.5 Å². The minimum atomic E-state index is -0.155. The van der Waals surface area contributed by atoms with Crippen LogP contribution in [0, 0.1) is 5.92 Å². The monoisotopic (exact) mass is 362 g/mol. The van der Waals surface area contributed by atoms with E-state index in [2.05, 4.69) is 41.3 Å². The van der Waals surface area contributed by atoms with E-state index >= 15 is 0 Å². The lowest BCUT2D eigenvalue weighted by Gasteiger charge is -2.45. The van der Waals surface area contributed by atoms with Crippen LogP contribution in [0.1, 0.15) is 35.6 Å².